The Hall–Kier alpha value is -3.09. The number of carbonyl (C=O) groups is 1. The average Bonchev–Trinajstić information content (AvgIpc) is 2.62. The van der Waals surface area contributed by atoms with Gasteiger partial charge in [-0.1, -0.05) is 0 Å². The second-order valence-electron chi connectivity index (χ2n) is 5.19. The first-order valence-electron chi connectivity index (χ1n) is 7.48. The molecule has 0 spiro atoms. The van der Waals surface area contributed by atoms with E-state index in [1.807, 2.05) is 0 Å². The Morgan fingerprint density at radius 1 is 1.20 bits per heavy atom. The number of benzene rings is 2. The number of hydrogen-bond acceptors (Lipinski definition) is 4. The molecular formula is C18H15F2NO4. The lowest BCUT2D eigenvalue weighted by Crippen LogP contribution is -2.16. The number of methoxy groups -OCH3 is 1. The number of halogens is 2. The van der Waals surface area contributed by atoms with E-state index in [2.05, 4.69) is 5.32 Å². The Labute approximate surface area is 142 Å². The highest BCUT2D eigenvalue weighted by Gasteiger charge is 2.17. The monoisotopic (exact) mass is 347 g/mol. The normalized spacial score (nSPS) is 12.9. The summed E-state index contributed by atoms with van der Waals surface area (Å²) in [5.41, 5.74) is 0.408. The van der Waals surface area contributed by atoms with E-state index >= 15 is 0 Å². The smallest absolute Gasteiger partial charge is 0.248 e. The van der Waals surface area contributed by atoms with Gasteiger partial charge < -0.3 is 19.5 Å². The van der Waals surface area contributed by atoms with Crippen molar-refractivity contribution in [2.24, 2.45) is 0 Å². The van der Waals surface area contributed by atoms with Gasteiger partial charge in [0.25, 0.3) is 0 Å². The van der Waals surface area contributed by atoms with E-state index in [-0.39, 0.29) is 5.69 Å². The van der Waals surface area contributed by atoms with Crippen molar-refractivity contribution in [3.8, 4) is 17.2 Å². The summed E-state index contributed by atoms with van der Waals surface area (Å²) in [6, 6.07) is 6.21. The van der Waals surface area contributed by atoms with Crippen LogP contribution in [-0.2, 0) is 4.79 Å². The zero-order chi connectivity index (χ0) is 17.8. The number of nitrogens with one attached hydrogen (secondary N) is 1. The third-order valence-corrected chi connectivity index (χ3v) is 3.46. The molecule has 2 aromatic rings. The standard InChI is InChI=1S/C18H15F2NO4/c1-23-15-8-11(9-16-18(15)25-7-6-24-16)2-5-17(22)21-14-10-12(19)3-4-13(14)20/h2-5,8-10H,6-7H2,1H3,(H,21,22). The van der Waals surface area contributed by atoms with Gasteiger partial charge in [-0.3, -0.25) is 4.79 Å². The molecule has 0 fully saturated rings. The van der Waals surface area contributed by atoms with Gasteiger partial charge in [0.1, 0.15) is 24.8 Å². The van der Waals surface area contributed by atoms with Crippen LogP contribution in [-0.4, -0.2) is 26.2 Å². The number of rotatable bonds is 4. The van der Waals surface area contributed by atoms with Crippen molar-refractivity contribution in [1.29, 1.82) is 0 Å². The Morgan fingerprint density at radius 3 is 2.80 bits per heavy atom. The summed E-state index contributed by atoms with van der Waals surface area (Å²) in [6.07, 6.45) is 2.71. The highest BCUT2D eigenvalue weighted by atomic mass is 19.1. The average molecular weight is 347 g/mol. The highest BCUT2D eigenvalue weighted by Crippen LogP contribution is 2.40. The number of hydrogen-bond donors (Lipinski definition) is 1. The molecule has 1 N–H and O–H groups in total. The molecule has 0 unspecified atom stereocenters. The fourth-order valence-electron chi connectivity index (χ4n) is 2.33. The van der Waals surface area contributed by atoms with Crippen LogP contribution in [0.1, 0.15) is 5.56 Å². The molecule has 0 aromatic heterocycles. The summed E-state index contributed by atoms with van der Waals surface area (Å²) in [5.74, 6) is -0.452. The Kier molecular flexibility index (Phi) is 4.83. The molecule has 1 heterocycles. The van der Waals surface area contributed by atoms with Crippen molar-refractivity contribution < 1.29 is 27.8 Å². The molecule has 1 aliphatic heterocycles. The summed E-state index contributed by atoms with van der Waals surface area (Å²) in [4.78, 5) is 11.9. The maximum absolute atomic E-state index is 13.5. The summed E-state index contributed by atoms with van der Waals surface area (Å²) >= 11 is 0. The summed E-state index contributed by atoms with van der Waals surface area (Å²) in [5, 5.41) is 2.28. The highest BCUT2D eigenvalue weighted by molar-refractivity contribution is 6.02. The first-order chi connectivity index (χ1) is 12.1. The molecule has 5 nitrogen and oxygen atoms in total. The van der Waals surface area contributed by atoms with Crippen molar-refractivity contribution >= 4 is 17.7 Å². The van der Waals surface area contributed by atoms with Gasteiger partial charge in [0, 0.05) is 12.1 Å². The van der Waals surface area contributed by atoms with Gasteiger partial charge in [0.05, 0.1) is 12.8 Å². The van der Waals surface area contributed by atoms with E-state index < -0.39 is 17.5 Å². The first kappa shape index (κ1) is 16.8. The van der Waals surface area contributed by atoms with Crippen LogP contribution in [0.4, 0.5) is 14.5 Å². The molecule has 0 radical (unpaired) electrons. The molecule has 2 aromatic carbocycles. The molecule has 0 aliphatic carbocycles. The topological polar surface area (TPSA) is 56.8 Å². The van der Waals surface area contributed by atoms with Crippen molar-refractivity contribution in [3.05, 3.63) is 53.6 Å². The summed E-state index contributed by atoms with van der Waals surface area (Å²) in [7, 11) is 1.50. The number of carbonyl (C=O) groups excluding carboxylic acids is 1. The number of anilines is 1. The molecule has 7 heteroatoms. The minimum atomic E-state index is -0.718. The molecule has 0 atom stereocenters. The Balaban J connectivity index is 1.77. The molecular weight excluding hydrogens is 332 g/mol. The molecule has 1 amide bonds. The lowest BCUT2D eigenvalue weighted by molar-refractivity contribution is -0.111. The molecule has 25 heavy (non-hydrogen) atoms. The fraction of sp³-hybridized carbons (Fsp3) is 0.167. The predicted molar refractivity (Wildman–Crippen MR) is 88.0 cm³/mol. The Morgan fingerprint density at radius 2 is 2.00 bits per heavy atom. The molecule has 3 rings (SSSR count). The second-order valence-corrected chi connectivity index (χ2v) is 5.19. The quantitative estimate of drug-likeness (QED) is 0.862. The van der Waals surface area contributed by atoms with Crippen LogP contribution in [0.15, 0.2) is 36.4 Å². The van der Waals surface area contributed by atoms with Crippen LogP contribution in [0.2, 0.25) is 0 Å². The van der Waals surface area contributed by atoms with Gasteiger partial charge in [-0.25, -0.2) is 8.78 Å². The minimum Gasteiger partial charge on any atom is -0.493 e. The van der Waals surface area contributed by atoms with E-state index in [4.69, 9.17) is 14.2 Å². The molecule has 130 valence electrons. The maximum atomic E-state index is 13.5. The molecule has 0 saturated heterocycles. The summed E-state index contributed by atoms with van der Waals surface area (Å²) < 4.78 is 42.9. The van der Waals surface area contributed by atoms with Crippen LogP contribution in [0, 0.1) is 11.6 Å². The molecule has 0 bridgehead atoms. The van der Waals surface area contributed by atoms with Crippen molar-refractivity contribution in [2.75, 3.05) is 25.6 Å². The molecule has 1 aliphatic rings. The zero-order valence-corrected chi connectivity index (χ0v) is 13.3. The number of fused-ring (bicyclic) bond motifs is 1. The molecule has 0 saturated carbocycles. The van der Waals surface area contributed by atoms with Gasteiger partial charge in [-0.15, -0.1) is 0 Å². The van der Waals surface area contributed by atoms with Crippen molar-refractivity contribution in [3.63, 3.8) is 0 Å². The van der Waals surface area contributed by atoms with Crippen LogP contribution < -0.4 is 19.5 Å². The van der Waals surface area contributed by atoms with Gasteiger partial charge in [0.2, 0.25) is 11.7 Å². The lowest BCUT2D eigenvalue weighted by Gasteiger charge is -2.20. The van der Waals surface area contributed by atoms with E-state index in [1.54, 1.807) is 12.1 Å². The van der Waals surface area contributed by atoms with Crippen LogP contribution in [0.5, 0.6) is 17.2 Å². The predicted octanol–water partition coefficient (Wildman–Crippen LogP) is 3.40. The van der Waals surface area contributed by atoms with Gasteiger partial charge in [-0.05, 0) is 35.9 Å². The Bertz CT molecular complexity index is 819. The van der Waals surface area contributed by atoms with Crippen LogP contribution >= 0.6 is 0 Å². The SMILES string of the molecule is COc1cc(C=CC(=O)Nc2cc(F)ccc2F)cc2c1OCCO2. The third-order valence-electron chi connectivity index (χ3n) is 3.46. The largest absolute Gasteiger partial charge is 0.493 e. The lowest BCUT2D eigenvalue weighted by atomic mass is 10.1. The van der Waals surface area contributed by atoms with Gasteiger partial charge in [0.15, 0.2) is 11.5 Å². The van der Waals surface area contributed by atoms with Crippen LogP contribution in [0.25, 0.3) is 6.08 Å². The van der Waals surface area contributed by atoms with Gasteiger partial charge >= 0.3 is 0 Å². The summed E-state index contributed by atoms with van der Waals surface area (Å²) in [6.45, 7) is 0.850. The van der Waals surface area contributed by atoms with E-state index in [9.17, 15) is 13.6 Å². The fourth-order valence-corrected chi connectivity index (χ4v) is 2.33. The van der Waals surface area contributed by atoms with E-state index in [0.717, 1.165) is 18.2 Å². The second kappa shape index (κ2) is 7.21. The number of amides is 1. The minimum absolute atomic E-state index is 0.227. The number of ether oxygens (including phenoxy) is 3. The van der Waals surface area contributed by atoms with E-state index in [1.165, 1.54) is 19.3 Å². The van der Waals surface area contributed by atoms with Gasteiger partial charge in [-0.2, -0.15) is 0 Å². The van der Waals surface area contributed by atoms with E-state index in [0.29, 0.717) is 36.0 Å². The maximum Gasteiger partial charge on any atom is 0.248 e. The van der Waals surface area contributed by atoms with Crippen molar-refractivity contribution in [1.82, 2.24) is 0 Å². The van der Waals surface area contributed by atoms with Crippen molar-refractivity contribution in [2.45, 2.75) is 0 Å². The van der Waals surface area contributed by atoms with Crippen LogP contribution in [0.3, 0.4) is 0 Å². The zero-order valence-electron chi connectivity index (χ0n) is 13.3. The first-order valence-corrected chi connectivity index (χ1v) is 7.48. The third kappa shape index (κ3) is 3.88.